The van der Waals surface area contributed by atoms with Crippen LogP contribution < -0.4 is 10.2 Å². The molecule has 1 aliphatic heterocycles. The maximum Gasteiger partial charge on any atom is 0.130 e. The summed E-state index contributed by atoms with van der Waals surface area (Å²) in [5.41, 5.74) is 3.77. The quantitative estimate of drug-likeness (QED) is 0.544. The number of hydrogen-bond donors (Lipinski definition) is 2. The highest BCUT2D eigenvalue weighted by molar-refractivity contribution is 5.74. The van der Waals surface area contributed by atoms with Gasteiger partial charge in [-0.15, -0.1) is 0 Å². The zero-order valence-electron chi connectivity index (χ0n) is 15.9. The molecule has 8 nitrogen and oxygen atoms in total. The number of benzene rings is 1. The van der Waals surface area contributed by atoms with Gasteiger partial charge in [-0.05, 0) is 24.3 Å². The highest BCUT2D eigenvalue weighted by Crippen LogP contribution is 2.21. The number of morpholine rings is 1. The molecule has 4 aromatic rings. The van der Waals surface area contributed by atoms with E-state index in [-0.39, 0.29) is 0 Å². The molecule has 29 heavy (non-hydrogen) atoms. The highest BCUT2D eigenvalue weighted by atomic mass is 16.5. The number of H-pyrrole nitrogens is 1. The standard InChI is InChI=1S/C21H21N7O/c1-2-4-17-16(3-1)26-20(27-17)13-22-19-11-18(24-14-25-19)15-5-6-21(23-12-15)28-7-9-29-10-8-28/h1-6,11-12,14H,7-10,13H2,(H,26,27)(H,22,24,25). The first kappa shape index (κ1) is 17.6. The van der Waals surface area contributed by atoms with Gasteiger partial charge in [0, 0.05) is 30.9 Å². The summed E-state index contributed by atoms with van der Waals surface area (Å²) < 4.78 is 5.40. The number of aromatic nitrogens is 5. The first-order chi connectivity index (χ1) is 14.3. The molecule has 5 rings (SSSR count). The van der Waals surface area contributed by atoms with Crippen molar-refractivity contribution in [2.75, 3.05) is 36.5 Å². The number of nitrogens with one attached hydrogen (secondary N) is 2. The van der Waals surface area contributed by atoms with Crippen LogP contribution in [0.1, 0.15) is 5.82 Å². The fourth-order valence-electron chi connectivity index (χ4n) is 3.39. The van der Waals surface area contributed by atoms with Crippen LogP contribution in [0.4, 0.5) is 11.6 Å². The van der Waals surface area contributed by atoms with Crippen molar-refractivity contribution in [3.05, 3.63) is 60.8 Å². The van der Waals surface area contributed by atoms with Crippen molar-refractivity contribution in [3.63, 3.8) is 0 Å². The smallest absolute Gasteiger partial charge is 0.130 e. The Labute approximate surface area is 168 Å². The molecule has 0 radical (unpaired) electrons. The zero-order valence-corrected chi connectivity index (χ0v) is 15.9. The third-order valence-corrected chi connectivity index (χ3v) is 4.92. The van der Waals surface area contributed by atoms with E-state index in [1.54, 1.807) is 6.33 Å². The van der Waals surface area contributed by atoms with Gasteiger partial charge in [-0.25, -0.2) is 19.9 Å². The van der Waals surface area contributed by atoms with Gasteiger partial charge >= 0.3 is 0 Å². The van der Waals surface area contributed by atoms with Gasteiger partial charge in [0.15, 0.2) is 0 Å². The normalized spacial score (nSPS) is 14.3. The molecule has 1 saturated heterocycles. The average molecular weight is 387 g/mol. The molecule has 4 heterocycles. The molecule has 1 aliphatic rings. The van der Waals surface area contributed by atoms with Crippen molar-refractivity contribution in [1.29, 1.82) is 0 Å². The Bertz CT molecular complexity index is 1070. The number of nitrogens with zero attached hydrogens (tertiary/aromatic N) is 5. The van der Waals surface area contributed by atoms with Crippen molar-refractivity contribution in [3.8, 4) is 11.3 Å². The van der Waals surface area contributed by atoms with E-state index < -0.39 is 0 Å². The van der Waals surface area contributed by atoms with Gasteiger partial charge in [-0.3, -0.25) is 0 Å². The Morgan fingerprint density at radius 3 is 2.76 bits per heavy atom. The molecule has 0 saturated carbocycles. The Balaban J connectivity index is 1.28. The lowest BCUT2D eigenvalue weighted by molar-refractivity contribution is 0.122. The van der Waals surface area contributed by atoms with Gasteiger partial charge in [0.05, 0.1) is 36.5 Å². The van der Waals surface area contributed by atoms with E-state index in [4.69, 9.17) is 4.74 Å². The van der Waals surface area contributed by atoms with Crippen LogP contribution in [-0.4, -0.2) is 51.2 Å². The maximum absolute atomic E-state index is 5.40. The van der Waals surface area contributed by atoms with Gasteiger partial charge in [0.1, 0.15) is 23.8 Å². The number of aromatic amines is 1. The van der Waals surface area contributed by atoms with E-state index >= 15 is 0 Å². The van der Waals surface area contributed by atoms with Crippen molar-refractivity contribution < 1.29 is 4.74 Å². The lowest BCUT2D eigenvalue weighted by Crippen LogP contribution is -2.36. The fourth-order valence-corrected chi connectivity index (χ4v) is 3.39. The number of pyridine rings is 1. The predicted molar refractivity (Wildman–Crippen MR) is 112 cm³/mol. The summed E-state index contributed by atoms with van der Waals surface area (Å²) >= 11 is 0. The second kappa shape index (κ2) is 7.84. The lowest BCUT2D eigenvalue weighted by atomic mass is 10.2. The summed E-state index contributed by atoms with van der Waals surface area (Å²) in [6.45, 7) is 3.79. The third-order valence-electron chi connectivity index (χ3n) is 4.92. The summed E-state index contributed by atoms with van der Waals surface area (Å²) in [7, 11) is 0. The minimum absolute atomic E-state index is 0.555. The molecular weight excluding hydrogens is 366 g/mol. The van der Waals surface area contributed by atoms with Gasteiger partial charge in [0.2, 0.25) is 0 Å². The largest absolute Gasteiger partial charge is 0.378 e. The molecular formula is C21H21N7O. The van der Waals surface area contributed by atoms with Gasteiger partial charge < -0.3 is 19.9 Å². The monoisotopic (exact) mass is 387 g/mol. The fraction of sp³-hybridized carbons (Fsp3) is 0.238. The highest BCUT2D eigenvalue weighted by Gasteiger charge is 2.12. The Kier molecular flexibility index (Phi) is 4.75. The maximum atomic E-state index is 5.40. The van der Waals surface area contributed by atoms with Gasteiger partial charge in [-0.1, -0.05) is 12.1 Å². The van der Waals surface area contributed by atoms with Crippen molar-refractivity contribution in [2.24, 2.45) is 0 Å². The number of ether oxygens (including phenoxy) is 1. The van der Waals surface area contributed by atoms with E-state index in [1.165, 1.54) is 0 Å². The van der Waals surface area contributed by atoms with Crippen LogP contribution in [0.15, 0.2) is 55.0 Å². The average Bonchev–Trinajstić information content (AvgIpc) is 3.22. The van der Waals surface area contributed by atoms with Crippen LogP contribution in [0.2, 0.25) is 0 Å². The summed E-state index contributed by atoms with van der Waals surface area (Å²) in [4.78, 5) is 23.4. The van der Waals surface area contributed by atoms with Gasteiger partial charge in [-0.2, -0.15) is 0 Å². The number of rotatable bonds is 5. The SMILES string of the molecule is c1ccc2[nH]c(CNc3cc(-c4ccc(N5CCOCC5)nc4)ncn3)nc2c1. The molecule has 8 heteroatoms. The second-order valence-corrected chi connectivity index (χ2v) is 6.85. The molecule has 3 aromatic heterocycles. The molecule has 0 atom stereocenters. The zero-order chi connectivity index (χ0) is 19.5. The summed E-state index contributed by atoms with van der Waals surface area (Å²) in [6, 6.07) is 14.0. The molecule has 0 aliphatic carbocycles. The van der Waals surface area contributed by atoms with E-state index in [2.05, 4.69) is 35.1 Å². The molecule has 146 valence electrons. The van der Waals surface area contributed by atoms with Crippen molar-refractivity contribution in [2.45, 2.75) is 6.54 Å². The van der Waals surface area contributed by atoms with E-state index in [9.17, 15) is 0 Å². The second-order valence-electron chi connectivity index (χ2n) is 6.85. The Morgan fingerprint density at radius 2 is 1.93 bits per heavy atom. The predicted octanol–water partition coefficient (Wildman–Crippen LogP) is 2.86. The van der Waals surface area contributed by atoms with Crippen LogP contribution in [0, 0.1) is 0 Å². The van der Waals surface area contributed by atoms with Crippen molar-refractivity contribution >= 4 is 22.7 Å². The van der Waals surface area contributed by atoms with E-state index in [0.717, 1.165) is 66.1 Å². The number of para-hydroxylation sites is 2. The topological polar surface area (TPSA) is 91.9 Å². The minimum Gasteiger partial charge on any atom is -0.378 e. The first-order valence-corrected chi connectivity index (χ1v) is 9.64. The van der Waals surface area contributed by atoms with Crippen molar-refractivity contribution in [1.82, 2.24) is 24.9 Å². The van der Waals surface area contributed by atoms with Crippen LogP contribution in [0.5, 0.6) is 0 Å². The molecule has 1 aromatic carbocycles. The van der Waals surface area contributed by atoms with E-state index in [1.807, 2.05) is 48.7 Å². The van der Waals surface area contributed by atoms with Crippen LogP contribution in [0.25, 0.3) is 22.3 Å². The molecule has 0 spiro atoms. The van der Waals surface area contributed by atoms with E-state index in [0.29, 0.717) is 6.54 Å². The first-order valence-electron chi connectivity index (χ1n) is 9.64. The van der Waals surface area contributed by atoms with Crippen LogP contribution in [-0.2, 0) is 11.3 Å². The Hall–Kier alpha value is -3.52. The number of fused-ring (bicyclic) bond motifs is 1. The Morgan fingerprint density at radius 1 is 1.03 bits per heavy atom. The number of hydrogen-bond acceptors (Lipinski definition) is 7. The summed E-state index contributed by atoms with van der Waals surface area (Å²) in [6.07, 6.45) is 3.42. The van der Waals surface area contributed by atoms with Crippen LogP contribution in [0.3, 0.4) is 0 Å². The summed E-state index contributed by atoms with van der Waals surface area (Å²) in [5, 5.41) is 3.31. The molecule has 0 bridgehead atoms. The molecule has 0 amide bonds. The minimum atomic E-state index is 0.555. The van der Waals surface area contributed by atoms with Gasteiger partial charge in [0.25, 0.3) is 0 Å². The number of anilines is 2. The van der Waals surface area contributed by atoms with Crippen LogP contribution >= 0.6 is 0 Å². The molecule has 2 N–H and O–H groups in total. The third kappa shape index (κ3) is 3.88. The molecule has 1 fully saturated rings. The summed E-state index contributed by atoms with van der Waals surface area (Å²) in [5.74, 6) is 2.57. The number of imidazole rings is 1. The molecule has 0 unspecified atom stereocenters. The lowest BCUT2D eigenvalue weighted by Gasteiger charge is -2.27.